The van der Waals surface area contributed by atoms with Crippen molar-refractivity contribution < 1.29 is 17.6 Å². The van der Waals surface area contributed by atoms with Gasteiger partial charge in [0.1, 0.15) is 5.82 Å². The second-order valence-electron chi connectivity index (χ2n) is 6.57. The van der Waals surface area contributed by atoms with Gasteiger partial charge < -0.3 is 5.32 Å². The zero-order chi connectivity index (χ0) is 20.0. The zero-order valence-electron chi connectivity index (χ0n) is 15.8. The Kier molecular flexibility index (Phi) is 6.96. The minimum Gasteiger partial charge on any atom is -0.350 e. The third-order valence-corrected chi connectivity index (χ3v) is 5.33. The van der Waals surface area contributed by atoms with E-state index < -0.39 is 15.8 Å². The van der Waals surface area contributed by atoms with E-state index in [1.54, 1.807) is 42.5 Å². The molecule has 0 aliphatic heterocycles. The Morgan fingerprint density at radius 1 is 1.15 bits per heavy atom. The fourth-order valence-electron chi connectivity index (χ4n) is 2.77. The average molecular weight is 392 g/mol. The summed E-state index contributed by atoms with van der Waals surface area (Å²) in [4.78, 5) is 12.3. The first-order valence-electron chi connectivity index (χ1n) is 8.84. The number of carbonyl (C=O) groups is 1. The van der Waals surface area contributed by atoms with Crippen molar-refractivity contribution in [3.63, 3.8) is 0 Å². The molecule has 0 bridgehead atoms. The highest BCUT2D eigenvalue weighted by Crippen LogP contribution is 2.22. The molecule has 146 valence electrons. The van der Waals surface area contributed by atoms with E-state index in [9.17, 15) is 17.6 Å². The Labute approximate surface area is 160 Å². The number of amides is 1. The predicted molar refractivity (Wildman–Crippen MR) is 106 cm³/mol. The minimum absolute atomic E-state index is 0.0655. The van der Waals surface area contributed by atoms with Gasteiger partial charge in [0, 0.05) is 17.2 Å². The van der Waals surface area contributed by atoms with Gasteiger partial charge in [-0.2, -0.15) is 0 Å². The zero-order valence-corrected chi connectivity index (χ0v) is 16.6. The smallest absolute Gasteiger partial charge is 0.251 e. The van der Waals surface area contributed by atoms with Crippen LogP contribution in [-0.2, 0) is 16.6 Å². The summed E-state index contributed by atoms with van der Waals surface area (Å²) in [7, 11) is -3.63. The Morgan fingerprint density at radius 2 is 1.78 bits per heavy atom. The number of anilines is 1. The molecule has 0 saturated carbocycles. The van der Waals surface area contributed by atoms with E-state index in [2.05, 4.69) is 5.32 Å². The number of halogens is 1. The molecule has 7 heteroatoms. The molecule has 2 rings (SSSR count). The van der Waals surface area contributed by atoms with Crippen molar-refractivity contribution in [2.24, 2.45) is 0 Å². The molecule has 0 fully saturated rings. The molecule has 0 heterocycles. The van der Waals surface area contributed by atoms with Crippen molar-refractivity contribution in [2.75, 3.05) is 10.6 Å². The van der Waals surface area contributed by atoms with E-state index >= 15 is 0 Å². The predicted octanol–water partition coefficient (Wildman–Crippen LogP) is 3.71. The lowest BCUT2D eigenvalue weighted by molar-refractivity contribution is 0.0938. The molecule has 1 amide bonds. The van der Waals surface area contributed by atoms with E-state index in [0.717, 1.165) is 23.4 Å². The SMILES string of the molecule is CCC[C@@H](C)NC(=O)c1ccc(N(Cc2ccccc2F)S(C)(=O)=O)cc1. The lowest BCUT2D eigenvalue weighted by Gasteiger charge is -2.23. The number of benzene rings is 2. The second-order valence-corrected chi connectivity index (χ2v) is 8.48. The van der Waals surface area contributed by atoms with Gasteiger partial charge in [-0.25, -0.2) is 12.8 Å². The van der Waals surface area contributed by atoms with Crippen molar-refractivity contribution in [1.82, 2.24) is 5.32 Å². The third-order valence-electron chi connectivity index (χ3n) is 4.19. The summed E-state index contributed by atoms with van der Waals surface area (Å²) in [5, 5.41) is 2.90. The number of carbonyl (C=O) groups excluding carboxylic acids is 1. The van der Waals surface area contributed by atoms with Crippen molar-refractivity contribution in [3.8, 4) is 0 Å². The molecule has 2 aromatic carbocycles. The van der Waals surface area contributed by atoms with Gasteiger partial charge in [0.05, 0.1) is 18.5 Å². The molecule has 0 saturated heterocycles. The number of hydrogen-bond donors (Lipinski definition) is 1. The van der Waals surface area contributed by atoms with Crippen LogP contribution in [0.4, 0.5) is 10.1 Å². The average Bonchev–Trinajstić information content (AvgIpc) is 2.60. The summed E-state index contributed by atoms with van der Waals surface area (Å²) in [5.74, 6) is -0.672. The molecule has 27 heavy (non-hydrogen) atoms. The fraction of sp³-hybridized carbons (Fsp3) is 0.350. The van der Waals surface area contributed by atoms with Crippen molar-refractivity contribution >= 4 is 21.6 Å². The number of sulfonamides is 1. The third kappa shape index (κ3) is 5.79. The maximum Gasteiger partial charge on any atom is 0.251 e. The van der Waals surface area contributed by atoms with Gasteiger partial charge >= 0.3 is 0 Å². The summed E-state index contributed by atoms with van der Waals surface area (Å²) in [6.07, 6.45) is 2.93. The van der Waals surface area contributed by atoms with Crippen LogP contribution in [0.15, 0.2) is 48.5 Å². The molecule has 1 atom stereocenters. The molecule has 5 nitrogen and oxygen atoms in total. The van der Waals surface area contributed by atoms with Gasteiger partial charge in [-0.15, -0.1) is 0 Å². The quantitative estimate of drug-likeness (QED) is 0.745. The van der Waals surface area contributed by atoms with Gasteiger partial charge in [-0.05, 0) is 43.7 Å². The Morgan fingerprint density at radius 3 is 2.33 bits per heavy atom. The maximum atomic E-state index is 13.9. The molecule has 0 radical (unpaired) electrons. The molecule has 0 aromatic heterocycles. The van der Waals surface area contributed by atoms with Crippen LogP contribution in [-0.4, -0.2) is 26.6 Å². The summed E-state index contributed by atoms with van der Waals surface area (Å²) in [6.45, 7) is 3.87. The Hall–Kier alpha value is -2.41. The van der Waals surface area contributed by atoms with E-state index in [4.69, 9.17) is 0 Å². The molecular formula is C20H25FN2O3S. The highest BCUT2D eigenvalue weighted by molar-refractivity contribution is 7.92. The first-order valence-corrected chi connectivity index (χ1v) is 10.7. The number of hydrogen-bond acceptors (Lipinski definition) is 3. The molecular weight excluding hydrogens is 367 g/mol. The van der Waals surface area contributed by atoms with E-state index in [1.807, 2.05) is 13.8 Å². The standard InChI is InChI=1S/C20H25FN2O3S/c1-4-7-15(2)22-20(24)16-10-12-18(13-11-16)23(27(3,25)26)14-17-8-5-6-9-19(17)21/h5-6,8-13,15H,4,7,14H2,1-3H3,(H,22,24)/t15-/m1/s1. The van der Waals surface area contributed by atoms with Crippen LogP contribution in [0.2, 0.25) is 0 Å². The van der Waals surface area contributed by atoms with Crippen molar-refractivity contribution in [3.05, 3.63) is 65.5 Å². The number of rotatable bonds is 8. The lowest BCUT2D eigenvalue weighted by Crippen LogP contribution is -2.32. The van der Waals surface area contributed by atoms with Crippen LogP contribution in [0.5, 0.6) is 0 Å². The molecule has 0 aliphatic carbocycles. The first kappa shape index (κ1) is 20.9. The van der Waals surface area contributed by atoms with E-state index in [-0.39, 0.29) is 24.1 Å². The summed E-state index contributed by atoms with van der Waals surface area (Å²) in [5.41, 5.74) is 1.10. The van der Waals surface area contributed by atoms with Crippen LogP contribution in [0.1, 0.15) is 42.6 Å². The largest absolute Gasteiger partial charge is 0.350 e. The monoisotopic (exact) mass is 392 g/mol. The van der Waals surface area contributed by atoms with Crippen LogP contribution in [0, 0.1) is 5.82 Å². The normalized spacial score (nSPS) is 12.4. The van der Waals surface area contributed by atoms with Crippen LogP contribution in [0.3, 0.4) is 0 Å². The number of nitrogens with one attached hydrogen (secondary N) is 1. The topological polar surface area (TPSA) is 66.5 Å². The molecule has 2 aromatic rings. The van der Waals surface area contributed by atoms with E-state index in [1.165, 1.54) is 6.07 Å². The van der Waals surface area contributed by atoms with Crippen molar-refractivity contribution in [1.29, 1.82) is 0 Å². The van der Waals surface area contributed by atoms with Crippen molar-refractivity contribution in [2.45, 2.75) is 39.3 Å². The fourth-order valence-corrected chi connectivity index (χ4v) is 3.65. The van der Waals surface area contributed by atoms with Crippen LogP contribution < -0.4 is 9.62 Å². The minimum atomic E-state index is -3.63. The first-order chi connectivity index (χ1) is 12.7. The Bertz CT molecular complexity index is 882. The lowest BCUT2D eigenvalue weighted by atomic mass is 10.1. The highest BCUT2D eigenvalue weighted by atomic mass is 32.2. The van der Waals surface area contributed by atoms with Gasteiger partial charge in [0.2, 0.25) is 10.0 Å². The van der Waals surface area contributed by atoms with Gasteiger partial charge in [-0.3, -0.25) is 9.10 Å². The molecule has 0 aliphatic rings. The second kappa shape index (κ2) is 8.99. The van der Waals surface area contributed by atoms with E-state index in [0.29, 0.717) is 11.3 Å². The molecule has 1 N–H and O–H groups in total. The molecule has 0 spiro atoms. The van der Waals surface area contributed by atoms with Crippen LogP contribution >= 0.6 is 0 Å². The summed E-state index contributed by atoms with van der Waals surface area (Å²) < 4.78 is 39.5. The summed E-state index contributed by atoms with van der Waals surface area (Å²) >= 11 is 0. The summed E-state index contributed by atoms with van der Waals surface area (Å²) in [6, 6.07) is 12.4. The van der Waals surface area contributed by atoms with Gasteiger partial charge in [0.25, 0.3) is 5.91 Å². The highest BCUT2D eigenvalue weighted by Gasteiger charge is 2.20. The van der Waals surface area contributed by atoms with Gasteiger partial charge in [-0.1, -0.05) is 31.5 Å². The molecule has 0 unspecified atom stereocenters. The number of nitrogens with zero attached hydrogens (tertiary/aromatic N) is 1. The van der Waals surface area contributed by atoms with Crippen LogP contribution in [0.25, 0.3) is 0 Å². The maximum absolute atomic E-state index is 13.9. The Balaban J connectivity index is 2.23. The van der Waals surface area contributed by atoms with Gasteiger partial charge in [0.15, 0.2) is 0 Å².